The molecule has 0 bridgehead atoms. The first-order chi connectivity index (χ1) is 7.67. The van der Waals surface area contributed by atoms with Crippen molar-refractivity contribution < 1.29 is 4.79 Å². The molecule has 0 unspecified atom stereocenters. The molecule has 100 valence electrons. The van der Waals surface area contributed by atoms with E-state index < -0.39 is 6.03 Å². The molecule has 1 rings (SSSR count). The van der Waals surface area contributed by atoms with Crippen molar-refractivity contribution in [2.24, 2.45) is 11.2 Å². The van der Waals surface area contributed by atoms with Gasteiger partial charge in [0.05, 0.1) is 11.8 Å². The molecule has 1 fully saturated rings. The van der Waals surface area contributed by atoms with Crippen molar-refractivity contribution in [3.8, 4) is 0 Å². The minimum absolute atomic E-state index is 0. The fourth-order valence-corrected chi connectivity index (χ4v) is 2.07. The molecule has 0 heterocycles. The molecule has 5 nitrogen and oxygen atoms in total. The molecule has 0 atom stereocenters. The van der Waals surface area contributed by atoms with Crippen LogP contribution in [0.3, 0.4) is 0 Å². The first-order valence-corrected chi connectivity index (χ1v) is 6.18. The standard InChI is InChI=1S/C10H18ClN3O2.ClH/c1-8-2-4-9(5-3-8)12-10(15)14(13-16)7-6-11;/h8-9H,2-7H2,1H3,(H,12,15);1H. The Balaban J connectivity index is 0.00000256. The van der Waals surface area contributed by atoms with Gasteiger partial charge in [-0.2, -0.15) is 5.01 Å². The van der Waals surface area contributed by atoms with Gasteiger partial charge in [0, 0.05) is 11.9 Å². The van der Waals surface area contributed by atoms with Gasteiger partial charge in [0.2, 0.25) is 0 Å². The third-order valence-electron chi connectivity index (χ3n) is 2.97. The average molecular weight is 284 g/mol. The summed E-state index contributed by atoms with van der Waals surface area (Å²) >= 11 is 5.46. The lowest BCUT2D eigenvalue weighted by atomic mass is 9.87. The number of halogens is 2. The largest absolute Gasteiger partial charge is 0.340 e. The molecule has 1 aliphatic rings. The fourth-order valence-electron chi connectivity index (χ4n) is 1.91. The highest BCUT2D eigenvalue weighted by Crippen LogP contribution is 2.23. The molecule has 0 radical (unpaired) electrons. The fraction of sp³-hybridized carbons (Fsp3) is 0.900. The minimum atomic E-state index is -0.435. The summed E-state index contributed by atoms with van der Waals surface area (Å²) in [4.78, 5) is 22.0. The van der Waals surface area contributed by atoms with Gasteiger partial charge >= 0.3 is 6.03 Å². The van der Waals surface area contributed by atoms with Gasteiger partial charge in [0.1, 0.15) is 0 Å². The number of amides is 2. The first kappa shape index (κ1) is 16.4. The number of carbonyl (C=O) groups excluding carboxylic acids is 1. The number of nitroso groups, excluding NO2 is 1. The quantitative estimate of drug-likeness (QED) is 0.490. The number of nitrogens with one attached hydrogen (secondary N) is 1. The maximum atomic E-state index is 11.6. The molecular weight excluding hydrogens is 265 g/mol. The number of hydrogen-bond acceptors (Lipinski definition) is 3. The van der Waals surface area contributed by atoms with Crippen molar-refractivity contribution in [1.82, 2.24) is 10.3 Å². The summed E-state index contributed by atoms with van der Waals surface area (Å²) in [5.74, 6) is 0.942. The minimum Gasteiger partial charge on any atom is -0.334 e. The van der Waals surface area contributed by atoms with E-state index in [1.807, 2.05) is 0 Å². The first-order valence-electron chi connectivity index (χ1n) is 5.64. The highest BCUT2D eigenvalue weighted by atomic mass is 35.5. The van der Waals surface area contributed by atoms with Gasteiger partial charge < -0.3 is 5.32 Å². The Morgan fingerprint density at radius 1 is 1.41 bits per heavy atom. The van der Waals surface area contributed by atoms with E-state index in [1.165, 1.54) is 0 Å². The van der Waals surface area contributed by atoms with E-state index in [9.17, 15) is 9.70 Å². The van der Waals surface area contributed by atoms with E-state index >= 15 is 0 Å². The van der Waals surface area contributed by atoms with Crippen molar-refractivity contribution in [3.05, 3.63) is 4.91 Å². The molecule has 0 spiro atoms. The van der Waals surface area contributed by atoms with E-state index in [1.54, 1.807) is 0 Å². The van der Waals surface area contributed by atoms with Crippen LogP contribution in [0, 0.1) is 10.8 Å². The third-order valence-corrected chi connectivity index (χ3v) is 3.14. The van der Waals surface area contributed by atoms with Crippen LogP contribution in [0.4, 0.5) is 4.79 Å². The second-order valence-corrected chi connectivity index (χ2v) is 4.68. The summed E-state index contributed by atoms with van der Waals surface area (Å²) in [6.07, 6.45) is 4.19. The van der Waals surface area contributed by atoms with Gasteiger partial charge in [0.25, 0.3) is 0 Å². The highest BCUT2D eigenvalue weighted by molar-refractivity contribution is 6.18. The van der Waals surface area contributed by atoms with E-state index in [4.69, 9.17) is 11.6 Å². The number of hydrogen-bond donors (Lipinski definition) is 1. The second-order valence-electron chi connectivity index (χ2n) is 4.30. The molecule has 1 saturated carbocycles. The summed E-state index contributed by atoms with van der Waals surface area (Å²) < 4.78 is 0. The number of carbonyl (C=O) groups is 1. The molecule has 0 aliphatic heterocycles. The smallest absolute Gasteiger partial charge is 0.334 e. The zero-order valence-electron chi connectivity index (χ0n) is 9.89. The second kappa shape index (κ2) is 8.53. The molecule has 0 aromatic carbocycles. The molecule has 0 aromatic rings. The van der Waals surface area contributed by atoms with Crippen LogP contribution < -0.4 is 5.32 Å². The summed E-state index contributed by atoms with van der Waals surface area (Å²) in [5.41, 5.74) is 0. The molecule has 2 amide bonds. The summed E-state index contributed by atoms with van der Waals surface area (Å²) in [6, 6.07) is -0.265. The van der Waals surface area contributed by atoms with Crippen molar-refractivity contribution in [2.75, 3.05) is 12.4 Å². The maximum absolute atomic E-state index is 11.6. The van der Waals surface area contributed by atoms with Crippen LogP contribution in [0.2, 0.25) is 0 Å². The van der Waals surface area contributed by atoms with Crippen LogP contribution in [0.5, 0.6) is 0 Å². The summed E-state index contributed by atoms with van der Waals surface area (Å²) in [7, 11) is 0. The number of alkyl halides is 1. The molecule has 0 saturated heterocycles. The van der Waals surface area contributed by atoms with Gasteiger partial charge in [-0.15, -0.1) is 28.9 Å². The van der Waals surface area contributed by atoms with Gasteiger partial charge in [-0.05, 0) is 31.6 Å². The highest BCUT2D eigenvalue weighted by Gasteiger charge is 2.22. The van der Waals surface area contributed by atoms with E-state index in [2.05, 4.69) is 17.5 Å². The Bertz CT molecular complexity index is 246. The summed E-state index contributed by atoms with van der Waals surface area (Å²) in [6.45, 7) is 2.37. The van der Waals surface area contributed by atoms with Crippen molar-refractivity contribution in [3.63, 3.8) is 0 Å². The van der Waals surface area contributed by atoms with Crippen LogP contribution >= 0.6 is 24.0 Å². The number of nitrogens with zero attached hydrogens (tertiary/aromatic N) is 2. The Labute approximate surface area is 113 Å². The van der Waals surface area contributed by atoms with Gasteiger partial charge in [0.15, 0.2) is 0 Å². The lowest BCUT2D eigenvalue weighted by Crippen LogP contribution is -2.44. The van der Waals surface area contributed by atoms with E-state index in [0.717, 1.165) is 36.6 Å². The molecule has 0 aromatic heterocycles. The van der Waals surface area contributed by atoms with E-state index in [-0.39, 0.29) is 30.9 Å². The van der Waals surface area contributed by atoms with Crippen molar-refractivity contribution >= 4 is 30.0 Å². The normalized spacial score (nSPS) is 23.4. The monoisotopic (exact) mass is 283 g/mol. The molecule has 7 heteroatoms. The Morgan fingerprint density at radius 3 is 2.47 bits per heavy atom. The lowest BCUT2D eigenvalue weighted by Gasteiger charge is -2.27. The van der Waals surface area contributed by atoms with Crippen molar-refractivity contribution in [1.29, 1.82) is 0 Å². The Hall–Kier alpha value is -0.550. The van der Waals surface area contributed by atoms with Gasteiger partial charge in [-0.1, -0.05) is 6.92 Å². The van der Waals surface area contributed by atoms with Crippen LogP contribution in [0.25, 0.3) is 0 Å². The van der Waals surface area contributed by atoms with E-state index in [0.29, 0.717) is 0 Å². The van der Waals surface area contributed by atoms with Gasteiger partial charge in [-0.25, -0.2) is 4.79 Å². The Kier molecular flexibility index (Phi) is 8.25. The van der Waals surface area contributed by atoms with Crippen LogP contribution in [-0.4, -0.2) is 29.5 Å². The summed E-state index contributed by atoms with van der Waals surface area (Å²) in [5, 5.41) is 6.29. The van der Waals surface area contributed by atoms with Crippen molar-refractivity contribution in [2.45, 2.75) is 38.6 Å². The Morgan fingerprint density at radius 2 is 2.00 bits per heavy atom. The predicted molar refractivity (Wildman–Crippen MR) is 70.4 cm³/mol. The lowest BCUT2D eigenvalue weighted by molar-refractivity contribution is 0.191. The third kappa shape index (κ3) is 5.55. The molecule has 1 aliphatic carbocycles. The molecule has 17 heavy (non-hydrogen) atoms. The van der Waals surface area contributed by atoms with Crippen LogP contribution in [-0.2, 0) is 0 Å². The maximum Gasteiger partial charge on any atom is 0.340 e. The number of rotatable bonds is 4. The zero-order chi connectivity index (χ0) is 12.0. The molecular formula is C10H19Cl2N3O2. The number of urea groups is 1. The molecule has 1 N–H and O–H groups in total. The van der Waals surface area contributed by atoms with Gasteiger partial charge in [-0.3, -0.25) is 0 Å². The predicted octanol–water partition coefficient (Wildman–Crippen LogP) is 2.92. The SMILES string of the molecule is CC1CCC(NC(=O)N(CCCl)N=O)CC1.Cl. The van der Waals surface area contributed by atoms with Crippen LogP contribution in [0.1, 0.15) is 32.6 Å². The van der Waals surface area contributed by atoms with Crippen LogP contribution in [0.15, 0.2) is 5.29 Å². The zero-order valence-corrected chi connectivity index (χ0v) is 11.5. The average Bonchev–Trinajstić information content (AvgIpc) is 2.29. The topological polar surface area (TPSA) is 61.8 Å².